The van der Waals surface area contributed by atoms with E-state index < -0.39 is 0 Å². The Morgan fingerprint density at radius 3 is 2.89 bits per heavy atom. The van der Waals surface area contributed by atoms with E-state index in [-0.39, 0.29) is 11.9 Å². The average Bonchev–Trinajstić information content (AvgIpc) is 2.85. The predicted octanol–water partition coefficient (Wildman–Crippen LogP) is 1.31. The Balaban J connectivity index is 1.74. The molecule has 1 amide bonds. The molecule has 2 rings (SSSR count). The van der Waals surface area contributed by atoms with E-state index in [4.69, 9.17) is 4.74 Å². The maximum absolute atomic E-state index is 12.0. The highest BCUT2D eigenvalue weighted by molar-refractivity contribution is 5.81. The van der Waals surface area contributed by atoms with Crippen LogP contribution in [0.3, 0.4) is 0 Å². The molecule has 0 aromatic carbocycles. The van der Waals surface area contributed by atoms with Crippen LogP contribution in [0, 0.1) is 11.8 Å². The largest absolute Gasteiger partial charge is 0.378 e. The number of hydrogen-bond acceptors (Lipinski definition) is 3. The summed E-state index contributed by atoms with van der Waals surface area (Å²) in [5.74, 6) is 1.18. The Bertz CT molecular complexity index is 275. The molecule has 2 N–H and O–H groups in total. The van der Waals surface area contributed by atoms with Crippen molar-refractivity contribution in [3.8, 4) is 0 Å². The highest BCUT2D eigenvalue weighted by atomic mass is 16.5. The first-order valence-electron chi connectivity index (χ1n) is 7.31. The predicted molar refractivity (Wildman–Crippen MR) is 71.3 cm³/mol. The molecule has 0 bridgehead atoms. The van der Waals surface area contributed by atoms with Gasteiger partial charge in [0, 0.05) is 19.1 Å². The molecule has 2 aliphatic rings. The summed E-state index contributed by atoms with van der Waals surface area (Å²) in [5.41, 5.74) is 0. The number of rotatable bonds is 4. The third-order valence-corrected chi connectivity index (χ3v) is 4.09. The normalized spacial score (nSPS) is 32.7. The van der Waals surface area contributed by atoms with Crippen molar-refractivity contribution in [2.75, 3.05) is 19.7 Å². The van der Waals surface area contributed by atoms with Crippen molar-refractivity contribution in [1.29, 1.82) is 0 Å². The lowest BCUT2D eigenvalue weighted by atomic mass is 9.93. The Morgan fingerprint density at radius 2 is 2.22 bits per heavy atom. The molecule has 2 fully saturated rings. The zero-order chi connectivity index (χ0) is 13.0. The SMILES string of the molecule is CC(C)C1OCCC1CNC(=O)C1CCCCN1. The number of carbonyl (C=O) groups excluding carboxylic acids is 1. The number of carbonyl (C=O) groups is 1. The van der Waals surface area contributed by atoms with E-state index in [9.17, 15) is 4.79 Å². The molecule has 2 aliphatic heterocycles. The second-order valence-electron chi connectivity index (χ2n) is 5.88. The van der Waals surface area contributed by atoms with E-state index in [0.29, 0.717) is 17.9 Å². The van der Waals surface area contributed by atoms with Gasteiger partial charge in [0.05, 0.1) is 12.1 Å². The van der Waals surface area contributed by atoms with Crippen LogP contribution in [-0.4, -0.2) is 37.7 Å². The second-order valence-corrected chi connectivity index (χ2v) is 5.88. The lowest BCUT2D eigenvalue weighted by Crippen LogP contribution is -2.48. The van der Waals surface area contributed by atoms with E-state index in [1.807, 2.05) is 0 Å². The minimum Gasteiger partial charge on any atom is -0.378 e. The molecule has 104 valence electrons. The number of amides is 1. The maximum Gasteiger partial charge on any atom is 0.237 e. The summed E-state index contributed by atoms with van der Waals surface area (Å²) in [6.45, 7) is 6.95. The first kappa shape index (κ1) is 13.8. The van der Waals surface area contributed by atoms with Gasteiger partial charge in [0.1, 0.15) is 0 Å². The minimum atomic E-state index is 0.0265. The summed E-state index contributed by atoms with van der Waals surface area (Å²) in [7, 11) is 0. The van der Waals surface area contributed by atoms with Crippen LogP contribution in [0.1, 0.15) is 39.5 Å². The van der Waals surface area contributed by atoms with Crippen LogP contribution < -0.4 is 10.6 Å². The first-order chi connectivity index (χ1) is 8.68. The van der Waals surface area contributed by atoms with E-state index in [1.54, 1.807) is 0 Å². The highest BCUT2D eigenvalue weighted by Gasteiger charge is 2.31. The van der Waals surface area contributed by atoms with E-state index in [1.165, 1.54) is 6.42 Å². The van der Waals surface area contributed by atoms with Crippen LogP contribution in [0.5, 0.6) is 0 Å². The quantitative estimate of drug-likeness (QED) is 0.795. The molecule has 0 aliphatic carbocycles. The lowest BCUT2D eigenvalue weighted by Gasteiger charge is -2.25. The van der Waals surface area contributed by atoms with Crippen LogP contribution >= 0.6 is 0 Å². The van der Waals surface area contributed by atoms with E-state index in [2.05, 4.69) is 24.5 Å². The topological polar surface area (TPSA) is 50.4 Å². The van der Waals surface area contributed by atoms with Crippen molar-refractivity contribution in [2.24, 2.45) is 11.8 Å². The summed E-state index contributed by atoms with van der Waals surface area (Å²) in [5, 5.41) is 6.38. The fourth-order valence-electron chi connectivity index (χ4n) is 3.04. The van der Waals surface area contributed by atoms with Crippen LogP contribution in [0.25, 0.3) is 0 Å². The number of hydrogen-bond donors (Lipinski definition) is 2. The van der Waals surface area contributed by atoms with Gasteiger partial charge < -0.3 is 15.4 Å². The first-order valence-corrected chi connectivity index (χ1v) is 7.31. The third-order valence-electron chi connectivity index (χ3n) is 4.09. The van der Waals surface area contributed by atoms with Crippen molar-refractivity contribution in [2.45, 2.75) is 51.7 Å². The zero-order valence-electron chi connectivity index (χ0n) is 11.6. The van der Waals surface area contributed by atoms with Gasteiger partial charge in [0.25, 0.3) is 0 Å². The minimum absolute atomic E-state index is 0.0265. The number of piperidine rings is 1. The Hall–Kier alpha value is -0.610. The fourth-order valence-corrected chi connectivity index (χ4v) is 3.04. The van der Waals surface area contributed by atoms with Gasteiger partial charge in [-0.25, -0.2) is 0 Å². The van der Waals surface area contributed by atoms with Crippen molar-refractivity contribution in [1.82, 2.24) is 10.6 Å². The average molecular weight is 254 g/mol. The van der Waals surface area contributed by atoms with Gasteiger partial charge in [-0.15, -0.1) is 0 Å². The van der Waals surface area contributed by atoms with Crippen molar-refractivity contribution >= 4 is 5.91 Å². The van der Waals surface area contributed by atoms with Crippen molar-refractivity contribution < 1.29 is 9.53 Å². The molecule has 4 heteroatoms. The third kappa shape index (κ3) is 3.45. The summed E-state index contributed by atoms with van der Waals surface area (Å²) in [6.07, 6.45) is 4.70. The summed E-state index contributed by atoms with van der Waals surface area (Å²) in [4.78, 5) is 12.0. The molecule has 3 atom stereocenters. The molecule has 2 heterocycles. The lowest BCUT2D eigenvalue weighted by molar-refractivity contribution is -0.124. The molecule has 4 nitrogen and oxygen atoms in total. The second kappa shape index (κ2) is 6.53. The Morgan fingerprint density at radius 1 is 1.39 bits per heavy atom. The molecule has 3 unspecified atom stereocenters. The monoisotopic (exact) mass is 254 g/mol. The van der Waals surface area contributed by atoms with Crippen molar-refractivity contribution in [3.05, 3.63) is 0 Å². The van der Waals surface area contributed by atoms with Crippen LogP contribution in [0.2, 0.25) is 0 Å². The van der Waals surface area contributed by atoms with Gasteiger partial charge in [0.2, 0.25) is 5.91 Å². The highest BCUT2D eigenvalue weighted by Crippen LogP contribution is 2.26. The van der Waals surface area contributed by atoms with Gasteiger partial charge in [-0.05, 0) is 31.7 Å². The Labute approximate surface area is 110 Å². The van der Waals surface area contributed by atoms with Crippen molar-refractivity contribution in [3.63, 3.8) is 0 Å². The fraction of sp³-hybridized carbons (Fsp3) is 0.929. The molecular formula is C14H26N2O2. The van der Waals surface area contributed by atoms with Crippen LogP contribution in [0.4, 0.5) is 0 Å². The molecular weight excluding hydrogens is 228 g/mol. The van der Waals surface area contributed by atoms with Crippen LogP contribution in [-0.2, 0) is 9.53 Å². The summed E-state index contributed by atoms with van der Waals surface area (Å²) in [6, 6.07) is 0.0265. The smallest absolute Gasteiger partial charge is 0.237 e. The van der Waals surface area contributed by atoms with Gasteiger partial charge >= 0.3 is 0 Å². The van der Waals surface area contributed by atoms with Gasteiger partial charge in [-0.1, -0.05) is 20.3 Å². The summed E-state index contributed by atoms with van der Waals surface area (Å²) >= 11 is 0. The molecule has 0 radical (unpaired) electrons. The van der Waals surface area contributed by atoms with Gasteiger partial charge in [0.15, 0.2) is 0 Å². The van der Waals surface area contributed by atoms with Crippen LogP contribution in [0.15, 0.2) is 0 Å². The molecule has 0 aromatic rings. The van der Waals surface area contributed by atoms with Gasteiger partial charge in [-0.2, -0.15) is 0 Å². The maximum atomic E-state index is 12.0. The van der Waals surface area contributed by atoms with E-state index >= 15 is 0 Å². The number of nitrogens with one attached hydrogen (secondary N) is 2. The molecule has 2 saturated heterocycles. The standard InChI is InChI=1S/C14H26N2O2/c1-10(2)13-11(6-8-18-13)9-16-14(17)12-5-3-4-7-15-12/h10-13,15H,3-9H2,1-2H3,(H,16,17). The molecule has 0 spiro atoms. The molecule has 0 saturated carbocycles. The zero-order valence-corrected chi connectivity index (χ0v) is 11.6. The van der Waals surface area contributed by atoms with E-state index in [0.717, 1.165) is 39.0 Å². The molecule has 18 heavy (non-hydrogen) atoms. The number of ether oxygens (including phenoxy) is 1. The van der Waals surface area contributed by atoms with Gasteiger partial charge in [-0.3, -0.25) is 4.79 Å². The Kier molecular flexibility index (Phi) is 5.01. The molecule has 0 aromatic heterocycles. The summed E-state index contributed by atoms with van der Waals surface area (Å²) < 4.78 is 5.74.